The summed E-state index contributed by atoms with van der Waals surface area (Å²) in [6.07, 6.45) is 6.43. The zero-order valence-corrected chi connectivity index (χ0v) is 15.0. The van der Waals surface area contributed by atoms with Gasteiger partial charge in [0.25, 0.3) is 0 Å². The Labute approximate surface area is 135 Å². The van der Waals surface area contributed by atoms with Crippen molar-refractivity contribution >= 4 is 32.5 Å². The van der Waals surface area contributed by atoms with Gasteiger partial charge in [-0.2, -0.15) is 0 Å². The van der Waals surface area contributed by atoms with Crippen molar-refractivity contribution in [3.63, 3.8) is 0 Å². The molecule has 0 saturated carbocycles. The zero-order chi connectivity index (χ0) is 15.3. The first-order valence-electron chi connectivity index (χ1n) is 7.50. The molecule has 2 aromatic rings. The van der Waals surface area contributed by atoms with Crippen LogP contribution in [0.2, 0.25) is 0 Å². The lowest BCUT2D eigenvalue weighted by molar-refractivity contribution is 0.600. The second kappa shape index (κ2) is 7.56. The highest BCUT2D eigenvalue weighted by Crippen LogP contribution is 2.32. The normalized spacial score (nSPS) is 11.9. The van der Waals surface area contributed by atoms with Crippen LogP contribution in [0, 0.1) is 0 Å². The van der Waals surface area contributed by atoms with Gasteiger partial charge in [-0.15, -0.1) is 22.7 Å². The number of sulfone groups is 1. The quantitative estimate of drug-likeness (QED) is 0.650. The van der Waals surface area contributed by atoms with Crippen molar-refractivity contribution in [3.05, 3.63) is 34.0 Å². The number of unbranched alkanes of at least 4 members (excludes halogenated alkanes) is 2. The van der Waals surface area contributed by atoms with Crippen molar-refractivity contribution in [2.24, 2.45) is 0 Å². The number of aryl methyl sites for hydroxylation is 2. The van der Waals surface area contributed by atoms with E-state index >= 15 is 0 Å². The Morgan fingerprint density at radius 3 is 1.62 bits per heavy atom. The smallest absolute Gasteiger partial charge is 0.217 e. The topological polar surface area (TPSA) is 34.1 Å². The third-order valence-electron chi connectivity index (χ3n) is 3.36. The van der Waals surface area contributed by atoms with Crippen molar-refractivity contribution in [1.82, 2.24) is 0 Å². The molecular weight excluding hydrogens is 320 g/mol. The first-order valence-corrected chi connectivity index (χ1v) is 10.6. The maximum absolute atomic E-state index is 12.6. The molecule has 0 N–H and O–H groups in total. The molecule has 2 nitrogen and oxygen atoms in total. The van der Waals surface area contributed by atoms with E-state index in [4.69, 9.17) is 0 Å². The van der Waals surface area contributed by atoms with E-state index in [0.29, 0.717) is 8.42 Å². The molecule has 0 spiro atoms. The monoisotopic (exact) mass is 342 g/mol. The summed E-state index contributed by atoms with van der Waals surface area (Å²) < 4.78 is 26.2. The van der Waals surface area contributed by atoms with Crippen LogP contribution in [0.5, 0.6) is 0 Å². The van der Waals surface area contributed by atoms with Gasteiger partial charge in [-0.3, -0.25) is 0 Å². The van der Waals surface area contributed by atoms with Crippen LogP contribution in [0.3, 0.4) is 0 Å². The van der Waals surface area contributed by atoms with Crippen LogP contribution in [0.4, 0.5) is 0 Å². The Morgan fingerprint density at radius 2 is 1.24 bits per heavy atom. The first kappa shape index (κ1) is 16.7. The molecule has 0 saturated heterocycles. The zero-order valence-electron chi connectivity index (χ0n) is 12.6. The molecule has 0 aliphatic rings. The molecule has 2 heterocycles. The third kappa shape index (κ3) is 4.18. The van der Waals surface area contributed by atoms with Gasteiger partial charge < -0.3 is 0 Å². The molecule has 0 aromatic carbocycles. The number of hydrogen-bond acceptors (Lipinski definition) is 4. The van der Waals surface area contributed by atoms with Crippen molar-refractivity contribution in [3.8, 4) is 0 Å². The summed E-state index contributed by atoms with van der Waals surface area (Å²) in [5.74, 6) is 0. The molecule has 0 aliphatic carbocycles. The lowest BCUT2D eigenvalue weighted by Gasteiger charge is -1.98. The Hall–Kier alpha value is -0.650. The number of rotatable bonds is 8. The number of thiophene rings is 2. The Morgan fingerprint density at radius 1 is 0.810 bits per heavy atom. The molecule has 0 aliphatic heterocycles. The van der Waals surface area contributed by atoms with E-state index < -0.39 is 9.84 Å². The van der Waals surface area contributed by atoms with E-state index in [0.717, 1.165) is 48.3 Å². The average Bonchev–Trinajstić information content (AvgIpc) is 3.12. The van der Waals surface area contributed by atoms with Crippen LogP contribution >= 0.6 is 22.7 Å². The summed E-state index contributed by atoms with van der Waals surface area (Å²) in [4.78, 5) is 2.33. The fraction of sp³-hybridized carbons (Fsp3) is 0.500. The molecule has 0 atom stereocenters. The highest BCUT2D eigenvalue weighted by atomic mass is 32.3. The van der Waals surface area contributed by atoms with Gasteiger partial charge in [0.1, 0.15) is 8.42 Å². The van der Waals surface area contributed by atoms with E-state index in [1.165, 1.54) is 22.7 Å². The van der Waals surface area contributed by atoms with E-state index in [-0.39, 0.29) is 0 Å². The van der Waals surface area contributed by atoms with Crippen LogP contribution in [0.1, 0.15) is 49.3 Å². The minimum Gasteiger partial charge on any atom is -0.217 e. The average molecular weight is 343 g/mol. The first-order chi connectivity index (χ1) is 10.1. The SMILES string of the molecule is CCCCc1ccc(S(=O)(=O)c2ccc(CCCC)s2)s1. The maximum Gasteiger partial charge on any atom is 0.225 e. The van der Waals surface area contributed by atoms with E-state index in [1.807, 2.05) is 12.1 Å². The van der Waals surface area contributed by atoms with Gasteiger partial charge in [0.05, 0.1) is 0 Å². The van der Waals surface area contributed by atoms with Gasteiger partial charge in [-0.1, -0.05) is 26.7 Å². The van der Waals surface area contributed by atoms with Gasteiger partial charge in [0.2, 0.25) is 9.84 Å². The van der Waals surface area contributed by atoms with Crippen LogP contribution in [-0.2, 0) is 22.7 Å². The highest BCUT2D eigenvalue weighted by Gasteiger charge is 2.21. The van der Waals surface area contributed by atoms with Crippen LogP contribution in [-0.4, -0.2) is 8.42 Å². The number of hydrogen-bond donors (Lipinski definition) is 0. The minimum atomic E-state index is -3.31. The summed E-state index contributed by atoms with van der Waals surface area (Å²) in [6, 6.07) is 7.44. The summed E-state index contributed by atoms with van der Waals surface area (Å²) in [5, 5.41) is 0. The molecule has 2 aromatic heterocycles. The molecule has 116 valence electrons. The Balaban J connectivity index is 2.17. The van der Waals surface area contributed by atoms with Crippen LogP contribution in [0.15, 0.2) is 32.7 Å². The largest absolute Gasteiger partial charge is 0.225 e. The molecule has 21 heavy (non-hydrogen) atoms. The predicted molar refractivity (Wildman–Crippen MR) is 91.3 cm³/mol. The lowest BCUT2D eigenvalue weighted by atomic mass is 10.2. The molecule has 5 heteroatoms. The van der Waals surface area contributed by atoms with Crippen molar-refractivity contribution in [2.45, 2.75) is 60.8 Å². The Kier molecular flexibility index (Phi) is 6.02. The standard InChI is InChI=1S/C16H22O2S3/c1-3-5-7-13-9-11-15(19-13)21(17,18)16-12-10-14(20-16)8-6-4-2/h9-12H,3-8H2,1-2H3. The summed E-state index contributed by atoms with van der Waals surface area (Å²) in [7, 11) is -3.31. The summed E-state index contributed by atoms with van der Waals surface area (Å²) in [6.45, 7) is 4.30. The molecular formula is C16H22O2S3. The molecule has 0 radical (unpaired) electrons. The fourth-order valence-electron chi connectivity index (χ4n) is 2.08. The molecule has 0 unspecified atom stereocenters. The third-order valence-corrected chi connectivity index (χ3v) is 8.38. The van der Waals surface area contributed by atoms with Crippen LogP contribution in [0.25, 0.3) is 0 Å². The van der Waals surface area contributed by atoms with Gasteiger partial charge in [0, 0.05) is 9.75 Å². The van der Waals surface area contributed by atoms with E-state index in [1.54, 1.807) is 12.1 Å². The molecule has 0 fully saturated rings. The van der Waals surface area contributed by atoms with Gasteiger partial charge in [-0.05, 0) is 49.9 Å². The predicted octanol–water partition coefficient (Wildman–Crippen LogP) is 5.33. The summed E-state index contributed by atoms with van der Waals surface area (Å²) in [5.41, 5.74) is 0. The van der Waals surface area contributed by atoms with E-state index in [9.17, 15) is 8.42 Å². The second-order valence-electron chi connectivity index (χ2n) is 5.15. The highest BCUT2D eigenvalue weighted by molar-refractivity contribution is 7.95. The van der Waals surface area contributed by atoms with Crippen molar-refractivity contribution in [2.75, 3.05) is 0 Å². The van der Waals surface area contributed by atoms with Gasteiger partial charge >= 0.3 is 0 Å². The minimum absolute atomic E-state index is 0.484. The molecule has 2 rings (SSSR count). The van der Waals surface area contributed by atoms with Crippen molar-refractivity contribution < 1.29 is 8.42 Å². The van der Waals surface area contributed by atoms with Gasteiger partial charge in [-0.25, -0.2) is 8.42 Å². The second-order valence-corrected chi connectivity index (χ2v) is 9.89. The summed E-state index contributed by atoms with van der Waals surface area (Å²) >= 11 is 2.84. The van der Waals surface area contributed by atoms with Crippen LogP contribution < -0.4 is 0 Å². The van der Waals surface area contributed by atoms with Crippen molar-refractivity contribution in [1.29, 1.82) is 0 Å². The molecule has 0 bridgehead atoms. The van der Waals surface area contributed by atoms with Gasteiger partial charge in [0.15, 0.2) is 0 Å². The molecule has 0 amide bonds. The maximum atomic E-state index is 12.6. The Bertz CT molecular complexity index is 613. The van der Waals surface area contributed by atoms with E-state index in [2.05, 4.69) is 13.8 Å². The fourth-order valence-corrected chi connectivity index (χ4v) is 6.54. The lowest BCUT2D eigenvalue weighted by Crippen LogP contribution is -1.95.